The first-order valence-electron chi connectivity index (χ1n) is 12.4. The highest BCUT2D eigenvalue weighted by Crippen LogP contribution is 2.45. The second-order valence-electron chi connectivity index (χ2n) is 9.07. The van der Waals surface area contributed by atoms with Gasteiger partial charge in [0.25, 0.3) is 5.91 Å². The van der Waals surface area contributed by atoms with Crippen molar-refractivity contribution in [1.29, 1.82) is 0 Å². The maximum absolute atomic E-state index is 13.7. The molecule has 0 unspecified atom stereocenters. The van der Waals surface area contributed by atoms with E-state index in [4.69, 9.17) is 21.3 Å². The van der Waals surface area contributed by atoms with Crippen LogP contribution in [-0.2, 0) is 16.1 Å². The smallest absolute Gasteiger partial charge is 0.255 e. The molecular weight excluding hydrogens is 532 g/mol. The number of ether oxygens (including phenoxy) is 1. The van der Waals surface area contributed by atoms with Gasteiger partial charge in [0.1, 0.15) is 5.75 Å². The molecule has 5 rings (SSSR count). The Labute approximate surface area is 236 Å². The summed E-state index contributed by atoms with van der Waals surface area (Å²) in [5.41, 5.74) is 4.33. The van der Waals surface area contributed by atoms with Crippen LogP contribution in [0.25, 0.3) is 0 Å². The second-order valence-corrected chi connectivity index (χ2v) is 10.3. The zero-order valence-corrected chi connectivity index (χ0v) is 23.1. The minimum absolute atomic E-state index is 0.118. The van der Waals surface area contributed by atoms with Gasteiger partial charge in [-0.3, -0.25) is 9.59 Å². The first kappa shape index (κ1) is 26.6. The Morgan fingerprint density at radius 3 is 2.54 bits per heavy atom. The van der Waals surface area contributed by atoms with Gasteiger partial charge in [0.2, 0.25) is 5.91 Å². The number of carbonyl (C=O) groups excluding carboxylic acids is 2. The predicted octanol–water partition coefficient (Wildman–Crippen LogP) is 6.27. The summed E-state index contributed by atoms with van der Waals surface area (Å²) in [6.07, 6.45) is 0.141. The van der Waals surface area contributed by atoms with Crippen LogP contribution in [0.15, 0.2) is 106 Å². The number of allylic oxidation sites excluding steroid dienone is 1. The maximum atomic E-state index is 13.7. The Kier molecular flexibility index (Phi) is 8.05. The first-order chi connectivity index (χ1) is 18.9. The number of anilines is 1. The van der Waals surface area contributed by atoms with Gasteiger partial charge in [0.05, 0.1) is 30.8 Å². The molecule has 3 aromatic carbocycles. The van der Waals surface area contributed by atoms with Crippen molar-refractivity contribution >= 4 is 46.0 Å². The van der Waals surface area contributed by atoms with E-state index in [1.165, 1.54) is 11.8 Å². The summed E-state index contributed by atoms with van der Waals surface area (Å²) in [7, 11) is 1.59. The molecule has 3 aromatic rings. The molecule has 0 spiro atoms. The zero-order valence-electron chi connectivity index (χ0n) is 21.5. The lowest BCUT2D eigenvalue weighted by atomic mass is 9.93. The Morgan fingerprint density at radius 2 is 1.82 bits per heavy atom. The maximum Gasteiger partial charge on any atom is 0.255 e. The molecule has 0 bridgehead atoms. The molecule has 0 aromatic heterocycles. The molecule has 0 fully saturated rings. The minimum Gasteiger partial charge on any atom is -0.497 e. The summed E-state index contributed by atoms with van der Waals surface area (Å²) in [5.74, 6) is 0.295. The fraction of sp³-hybridized carbons (Fsp3) is 0.167. The van der Waals surface area contributed by atoms with Crippen LogP contribution in [0.1, 0.15) is 30.5 Å². The molecule has 1 atom stereocenters. The number of nitrogens with zero attached hydrogens (tertiary/aromatic N) is 2. The molecular formula is C30H27ClN4O3S. The number of halogens is 1. The summed E-state index contributed by atoms with van der Waals surface area (Å²) in [5, 5.41) is 9.18. The van der Waals surface area contributed by atoms with Crippen molar-refractivity contribution in [2.75, 3.05) is 12.4 Å². The van der Waals surface area contributed by atoms with Crippen molar-refractivity contribution in [3.63, 3.8) is 0 Å². The molecule has 9 heteroatoms. The standard InChI is InChI=1S/C30H27ClN4O3S/c1-19-27(29(37)34-23-11-13-25(38-2)14-12-23)28(21-9-6-10-22(31)15-21)35-24(18-39-30(35)33-19)16-26(36)32-17-20-7-4-3-5-8-20/h3-15,18,28H,16-17H2,1-2H3,(H,32,36)(H,34,37)/t28-/m1/s1. The van der Waals surface area contributed by atoms with E-state index in [2.05, 4.69) is 10.6 Å². The van der Waals surface area contributed by atoms with Gasteiger partial charge >= 0.3 is 0 Å². The average molecular weight is 559 g/mol. The second kappa shape index (κ2) is 11.8. The van der Waals surface area contributed by atoms with Crippen LogP contribution in [0, 0.1) is 0 Å². The molecule has 39 heavy (non-hydrogen) atoms. The molecule has 2 aliphatic heterocycles. The predicted molar refractivity (Wildman–Crippen MR) is 156 cm³/mol. The fourth-order valence-electron chi connectivity index (χ4n) is 4.55. The lowest BCUT2D eigenvalue weighted by molar-refractivity contribution is -0.120. The number of rotatable bonds is 8. The normalized spacial score (nSPS) is 16.3. The summed E-state index contributed by atoms with van der Waals surface area (Å²) in [6.45, 7) is 2.27. The van der Waals surface area contributed by atoms with Crippen LogP contribution >= 0.6 is 23.4 Å². The summed E-state index contributed by atoms with van der Waals surface area (Å²) >= 11 is 7.83. The molecule has 0 saturated carbocycles. The van der Waals surface area contributed by atoms with Crippen molar-refractivity contribution in [3.05, 3.63) is 117 Å². The van der Waals surface area contributed by atoms with Gasteiger partial charge in [-0.1, -0.05) is 65.8 Å². The minimum atomic E-state index is -0.516. The van der Waals surface area contributed by atoms with Gasteiger partial charge < -0.3 is 20.3 Å². The van der Waals surface area contributed by atoms with Gasteiger partial charge in [-0.15, -0.1) is 0 Å². The number of fused-ring (bicyclic) bond motifs is 1. The van der Waals surface area contributed by atoms with Crippen molar-refractivity contribution in [1.82, 2.24) is 10.2 Å². The number of carbonyl (C=O) groups is 2. The van der Waals surface area contributed by atoms with Gasteiger partial charge in [-0.05, 0) is 59.9 Å². The van der Waals surface area contributed by atoms with E-state index < -0.39 is 6.04 Å². The number of nitrogens with one attached hydrogen (secondary N) is 2. The topological polar surface area (TPSA) is 83.0 Å². The lowest BCUT2D eigenvalue weighted by Crippen LogP contribution is -2.38. The average Bonchev–Trinajstić information content (AvgIpc) is 3.33. The van der Waals surface area contributed by atoms with Crippen LogP contribution < -0.4 is 15.4 Å². The van der Waals surface area contributed by atoms with Crippen molar-refractivity contribution in [2.45, 2.75) is 25.9 Å². The molecule has 0 aliphatic carbocycles. The van der Waals surface area contributed by atoms with Crippen LogP contribution in [-0.4, -0.2) is 29.0 Å². The number of hydrogen-bond donors (Lipinski definition) is 2. The SMILES string of the molecule is COc1ccc(NC(=O)C2=C(C)N=C3SC=C(CC(=O)NCc4ccccc4)N3[C@@H]2c2cccc(Cl)c2)cc1. The molecule has 2 N–H and O–H groups in total. The van der Waals surface area contributed by atoms with E-state index in [1.54, 1.807) is 37.4 Å². The highest BCUT2D eigenvalue weighted by atomic mass is 35.5. The van der Waals surface area contributed by atoms with Crippen molar-refractivity contribution in [2.24, 2.45) is 4.99 Å². The van der Waals surface area contributed by atoms with Gasteiger partial charge in [0.15, 0.2) is 5.17 Å². The number of amidine groups is 1. The Morgan fingerprint density at radius 1 is 1.05 bits per heavy atom. The lowest BCUT2D eigenvalue weighted by Gasteiger charge is -2.36. The summed E-state index contributed by atoms with van der Waals surface area (Å²) < 4.78 is 5.23. The summed E-state index contributed by atoms with van der Waals surface area (Å²) in [6, 6.07) is 23.8. The largest absolute Gasteiger partial charge is 0.497 e. The number of benzene rings is 3. The van der Waals surface area contributed by atoms with E-state index in [9.17, 15) is 9.59 Å². The monoisotopic (exact) mass is 558 g/mol. The summed E-state index contributed by atoms with van der Waals surface area (Å²) in [4.78, 5) is 33.4. The molecule has 2 aliphatic rings. The molecule has 0 saturated heterocycles. The Bertz CT molecular complexity index is 1490. The van der Waals surface area contributed by atoms with E-state index in [-0.39, 0.29) is 18.2 Å². The number of amides is 2. The molecule has 2 amide bonds. The van der Waals surface area contributed by atoms with Gasteiger partial charge in [-0.2, -0.15) is 0 Å². The van der Waals surface area contributed by atoms with Gasteiger partial charge in [-0.25, -0.2) is 4.99 Å². The Balaban J connectivity index is 1.43. The van der Waals surface area contributed by atoms with Crippen molar-refractivity contribution < 1.29 is 14.3 Å². The number of hydrogen-bond acceptors (Lipinski definition) is 6. The molecule has 2 heterocycles. The molecule has 7 nitrogen and oxygen atoms in total. The fourth-order valence-corrected chi connectivity index (χ4v) is 5.71. The highest BCUT2D eigenvalue weighted by Gasteiger charge is 2.40. The van der Waals surface area contributed by atoms with E-state index in [0.29, 0.717) is 39.4 Å². The van der Waals surface area contributed by atoms with Crippen LogP contribution in [0.4, 0.5) is 5.69 Å². The first-order valence-corrected chi connectivity index (χ1v) is 13.6. The molecule has 0 radical (unpaired) electrons. The third-order valence-corrected chi connectivity index (χ3v) is 7.56. The Hall–Kier alpha value is -4.01. The number of aliphatic imine (C=N–C) groups is 1. The van der Waals surface area contributed by atoms with Crippen LogP contribution in [0.5, 0.6) is 5.75 Å². The van der Waals surface area contributed by atoms with E-state index in [0.717, 1.165) is 16.8 Å². The van der Waals surface area contributed by atoms with E-state index in [1.807, 2.05) is 65.8 Å². The highest BCUT2D eigenvalue weighted by molar-refractivity contribution is 8.16. The van der Waals surface area contributed by atoms with E-state index >= 15 is 0 Å². The number of methoxy groups -OCH3 is 1. The quantitative estimate of drug-likeness (QED) is 0.340. The van der Waals surface area contributed by atoms with Crippen LogP contribution in [0.2, 0.25) is 5.02 Å². The zero-order chi connectivity index (χ0) is 27.4. The van der Waals surface area contributed by atoms with Gasteiger partial charge in [0, 0.05) is 23.0 Å². The third kappa shape index (κ3) is 6.02. The van der Waals surface area contributed by atoms with Crippen molar-refractivity contribution in [3.8, 4) is 5.75 Å². The van der Waals surface area contributed by atoms with Crippen LogP contribution in [0.3, 0.4) is 0 Å². The third-order valence-electron chi connectivity index (χ3n) is 6.43. The number of thioether (sulfide) groups is 1. The molecule has 198 valence electrons.